The van der Waals surface area contributed by atoms with Crippen molar-refractivity contribution in [2.45, 2.75) is 37.9 Å². The van der Waals surface area contributed by atoms with E-state index in [0.717, 1.165) is 23.1 Å². The molecule has 0 aliphatic carbocycles. The summed E-state index contributed by atoms with van der Waals surface area (Å²) >= 11 is 9.17. The highest BCUT2D eigenvalue weighted by atomic mass is 79.9. The highest BCUT2D eigenvalue weighted by molar-refractivity contribution is 9.24. The van der Waals surface area contributed by atoms with Gasteiger partial charge in [-0.25, -0.2) is 0 Å². The van der Waals surface area contributed by atoms with E-state index in [1.165, 1.54) is 44.5 Å². The highest BCUT2D eigenvalue weighted by Gasteiger charge is 2.20. The van der Waals surface area contributed by atoms with Gasteiger partial charge < -0.3 is 4.74 Å². The van der Waals surface area contributed by atoms with E-state index in [1.54, 1.807) is 0 Å². The fourth-order valence-electron chi connectivity index (χ4n) is 4.25. The summed E-state index contributed by atoms with van der Waals surface area (Å²) in [4.78, 5) is 11.5. The molecule has 4 rings (SSSR count). The Kier molecular flexibility index (Phi) is 6.06. The fourth-order valence-corrected chi connectivity index (χ4v) is 6.03. The van der Waals surface area contributed by atoms with E-state index in [1.807, 2.05) is 25.2 Å². The molecule has 0 saturated carbocycles. The Morgan fingerprint density at radius 2 is 1.67 bits per heavy atom. The number of aryl methyl sites for hydroxylation is 3. The minimum Gasteiger partial charge on any atom is -0.426 e. The van der Waals surface area contributed by atoms with Crippen LogP contribution in [0.5, 0.6) is 5.75 Å². The third-order valence-electron chi connectivity index (χ3n) is 5.37. The normalized spacial score (nSPS) is 11.6. The molecule has 0 fully saturated rings. The van der Waals surface area contributed by atoms with Gasteiger partial charge in [-0.05, 0) is 88.9 Å². The summed E-state index contributed by atoms with van der Waals surface area (Å²) in [5, 5.41) is 6.10. The topological polar surface area (TPSA) is 26.3 Å². The van der Waals surface area contributed by atoms with Crippen LogP contribution in [0, 0.1) is 20.8 Å². The minimum absolute atomic E-state index is 0.220. The summed E-state index contributed by atoms with van der Waals surface area (Å²) in [5.74, 6) is 0.366. The van der Waals surface area contributed by atoms with Crippen molar-refractivity contribution in [2.24, 2.45) is 0 Å². The molecule has 0 amide bonds. The second-order valence-corrected chi connectivity index (χ2v) is 12.0. The second-order valence-electron chi connectivity index (χ2n) is 7.65. The molecule has 0 bridgehead atoms. The van der Waals surface area contributed by atoms with E-state index in [-0.39, 0.29) is 9.71 Å². The van der Waals surface area contributed by atoms with E-state index >= 15 is 0 Å². The van der Waals surface area contributed by atoms with Gasteiger partial charge in [-0.2, -0.15) is 0 Å². The Balaban J connectivity index is 2.09. The average molecular weight is 546 g/mol. The predicted octanol–water partition coefficient (Wildman–Crippen LogP) is 8.23. The predicted molar refractivity (Wildman–Crippen MR) is 136 cm³/mol. The molecule has 0 radical (unpaired) electrons. The summed E-state index contributed by atoms with van der Waals surface area (Å²) in [6, 6.07) is 12.9. The molecule has 0 saturated heterocycles. The van der Waals surface area contributed by atoms with E-state index in [0.29, 0.717) is 5.75 Å². The molecule has 30 heavy (non-hydrogen) atoms. The van der Waals surface area contributed by atoms with Gasteiger partial charge in [0.1, 0.15) is 5.75 Å². The van der Waals surface area contributed by atoms with E-state index < -0.39 is 0 Å². The van der Waals surface area contributed by atoms with Gasteiger partial charge in [0.25, 0.3) is 0 Å². The van der Waals surface area contributed by atoms with Crippen LogP contribution in [0.3, 0.4) is 0 Å². The number of carbonyl (C=O) groups is 1. The lowest BCUT2D eigenvalue weighted by molar-refractivity contribution is -0.131. The average Bonchev–Trinajstić information content (AvgIpc) is 3.05. The molecule has 1 heterocycles. The molecule has 2 nitrogen and oxygen atoms in total. The maximum atomic E-state index is 11.5. The third kappa shape index (κ3) is 3.83. The van der Waals surface area contributed by atoms with Gasteiger partial charge in [-0.1, -0.05) is 56.1 Å². The van der Waals surface area contributed by atoms with Gasteiger partial charge >= 0.3 is 5.97 Å². The molecule has 0 unspecified atom stereocenters. The maximum absolute atomic E-state index is 11.5. The largest absolute Gasteiger partial charge is 0.426 e. The Labute approximate surface area is 197 Å². The van der Waals surface area contributed by atoms with Gasteiger partial charge in [-0.15, -0.1) is 11.3 Å². The zero-order chi connectivity index (χ0) is 21.6. The number of alkyl halides is 2. The quantitative estimate of drug-likeness (QED) is 0.147. The SMILES string of the molecule is CC(=O)Oc1c(C)cc(-c2c3ccccc3c(CC(Br)Br)c3scc(C)c23)cc1C. The van der Waals surface area contributed by atoms with Crippen molar-refractivity contribution in [3.05, 3.63) is 64.0 Å². The molecule has 5 heteroatoms. The maximum Gasteiger partial charge on any atom is 0.308 e. The van der Waals surface area contributed by atoms with Crippen molar-refractivity contribution in [1.29, 1.82) is 0 Å². The molecule has 0 aliphatic heterocycles. The molecule has 3 aromatic carbocycles. The van der Waals surface area contributed by atoms with Crippen LogP contribution >= 0.6 is 43.2 Å². The van der Waals surface area contributed by atoms with Gasteiger partial charge in [0.05, 0.1) is 3.74 Å². The van der Waals surface area contributed by atoms with Crippen molar-refractivity contribution in [1.82, 2.24) is 0 Å². The molecular weight excluding hydrogens is 524 g/mol. The lowest BCUT2D eigenvalue weighted by Crippen LogP contribution is -2.04. The standard InChI is InChI=1S/C25H22Br2O2S/c1-13-9-17(10-14(2)24(13)29-16(4)28)23-19-8-6-5-7-18(19)20(11-21(26)27)25-22(23)15(3)12-30-25/h5-10,12,21H,11H2,1-4H3. The van der Waals surface area contributed by atoms with Crippen molar-refractivity contribution < 1.29 is 9.53 Å². The van der Waals surface area contributed by atoms with E-state index in [2.05, 4.69) is 80.6 Å². The zero-order valence-electron chi connectivity index (χ0n) is 17.3. The molecule has 4 aromatic rings. The van der Waals surface area contributed by atoms with Crippen LogP contribution in [0.15, 0.2) is 41.8 Å². The molecule has 0 aliphatic rings. The highest BCUT2D eigenvalue weighted by Crippen LogP contribution is 2.45. The number of esters is 1. The van der Waals surface area contributed by atoms with Gasteiger partial charge in [-0.3, -0.25) is 4.79 Å². The number of ether oxygens (including phenoxy) is 1. The van der Waals surface area contributed by atoms with Crippen molar-refractivity contribution in [2.75, 3.05) is 0 Å². The number of carbonyl (C=O) groups excluding carboxylic acids is 1. The van der Waals surface area contributed by atoms with Crippen LogP contribution in [0.25, 0.3) is 32.0 Å². The number of halogens is 2. The number of thiophene rings is 1. The summed E-state index contributed by atoms with van der Waals surface area (Å²) < 4.78 is 7.02. The van der Waals surface area contributed by atoms with Crippen molar-refractivity contribution in [3.8, 4) is 16.9 Å². The first-order valence-corrected chi connectivity index (χ1v) is 12.5. The van der Waals surface area contributed by atoms with Gasteiger partial charge in [0, 0.05) is 17.0 Å². The molecule has 1 aromatic heterocycles. The van der Waals surface area contributed by atoms with E-state index in [4.69, 9.17) is 4.74 Å². The summed E-state index contributed by atoms with van der Waals surface area (Å²) in [6.07, 6.45) is 0.903. The number of hydrogen-bond acceptors (Lipinski definition) is 3. The Hall–Kier alpha value is -1.69. The first kappa shape index (κ1) is 21.5. The Morgan fingerprint density at radius 3 is 2.27 bits per heavy atom. The molecule has 0 spiro atoms. The lowest BCUT2D eigenvalue weighted by Gasteiger charge is -2.18. The van der Waals surface area contributed by atoms with Crippen LogP contribution in [0.1, 0.15) is 29.2 Å². The van der Waals surface area contributed by atoms with Crippen LogP contribution < -0.4 is 4.74 Å². The first-order chi connectivity index (χ1) is 14.3. The minimum atomic E-state index is -0.293. The smallest absolute Gasteiger partial charge is 0.308 e. The molecule has 154 valence electrons. The zero-order valence-corrected chi connectivity index (χ0v) is 21.3. The number of benzene rings is 3. The summed E-state index contributed by atoms with van der Waals surface area (Å²) in [6.45, 7) is 7.64. The summed E-state index contributed by atoms with van der Waals surface area (Å²) in [7, 11) is 0. The van der Waals surface area contributed by atoms with Crippen molar-refractivity contribution in [3.63, 3.8) is 0 Å². The van der Waals surface area contributed by atoms with Gasteiger partial charge in [0.15, 0.2) is 0 Å². The number of rotatable bonds is 4. The second kappa shape index (κ2) is 8.45. The van der Waals surface area contributed by atoms with Crippen LogP contribution in [-0.4, -0.2) is 9.71 Å². The number of fused-ring (bicyclic) bond motifs is 2. The molecular formula is C25H22Br2O2S. The van der Waals surface area contributed by atoms with Crippen LogP contribution in [-0.2, 0) is 11.2 Å². The van der Waals surface area contributed by atoms with Crippen LogP contribution in [0.4, 0.5) is 0 Å². The monoisotopic (exact) mass is 544 g/mol. The number of hydrogen-bond donors (Lipinski definition) is 0. The fraction of sp³-hybridized carbons (Fsp3) is 0.240. The lowest BCUT2D eigenvalue weighted by atomic mass is 9.88. The summed E-state index contributed by atoms with van der Waals surface area (Å²) in [5.41, 5.74) is 7.00. The Bertz CT molecular complexity index is 1260. The van der Waals surface area contributed by atoms with Crippen LogP contribution in [0.2, 0.25) is 0 Å². The molecule has 0 atom stereocenters. The van der Waals surface area contributed by atoms with Gasteiger partial charge in [0.2, 0.25) is 0 Å². The Morgan fingerprint density at radius 1 is 1.03 bits per heavy atom. The molecule has 0 N–H and O–H groups in total. The van der Waals surface area contributed by atoms with Crippen molar-refractivity contribution >= 4 is 70.0 Å². The first-order valence-electron chi connectivity index (χ1n) is 9.77. The van der Waals surface area contributed by atoms with E-state index in [9.17, 15) is 4.79 Å². The third-order valence-corrected chi connectivity index (χ3v) is 7.18.